The summed E-state index contributed by atoms with van der Waals surface area (Å²) in [6.07, 6.45) is 1.75. The molecule has 1 aromatic rings. The molecule has 3 heteroatoms. The molecular formula is C17H27O3. The number of benzene rings is 1. The largest absolute Gasteiger partial charge is 0.493 e. The third-order valence-corrected chi connectivity index (χ3v) is 3.48. The van der Waals surface area contributed by atoms with Crippen LogP contribution in [0.2, 0.25) is 0 Å². The first-order valence-corrected chi connectivity index (χ1v) is 7.23. The van der Waals surface area contributed by atoms with E-state index >= 15 is 0 Å². The van der Waals surface area contributed by atoms with Crippen LogP contribution < -0.4 is 9.47 Å². The van der Waals surface area contributed by atoms with Gasteiger partial charge in [0.2, 0.25) is 0 Å². The van der Waals surface area contributed by atoms with Crippen LogP contribution in [-0.4, -0.2) is 27.4 Å². The lowest BCUT2D eigenvalue weighted by atomic mass is 9.86. The van der Waals surface area contributed by atoms with Crippen molar-refractivity contribution >= 4 is 0 Å². The van der Waals surface area contributed by atoms with Crippen LogP contribution in [0.15, 0.2) is 18.2 Å². The number of hydrogen-bond acceptors (Lipinski definition) is 3. The van der Waals surface area contributed by atoms with Crippen molar-refractivity contribution in [1.29, 1.82) is 0 Å². The van der Waals surface area contributed by atoms with Gasteiger partial charge in [-0.05, 0) is 36.0 Å². The first-order valence-electron chi connectivity index (χ1n) is 7.23. The molecule has 0 heterocycles. The Morgan fingerprint density at radius 3 is 2.40 bits per heavy atom. The Balaban J connectivity index is 2.84. The Morgan fingerprint density at radius 1 is 1.10 bits per heavy atom. The zero-order chi connectivity index (χ0) is 15.0. The molecule has 113 valence electrons. The molecule has 0 aromatic heterocycles. The molecule has 1 aromatic carbocycles. The molecule has 0 saturated heterocycles. The molecular weight excluding hydrogens is 252 g/mol. The van der Waals surface area contributed by atoms with E-state index in [1.54, 1.807) is 14.2 Å². The third-order valence-electron chi connectivity index (χ3n) is 3.48. The maximum Gasteiger partial charge on any atom is 0.161 e. The number of rotatable bonds is 9. The predicted octanol–water partition coefficient (Wildman–Crippen LogP) is 4.07. The maximum absolute atomic E-state index is 5.82. The van der Waals surface area contributed by atoms with Crippen molar-refractivity contribution in [3.05, 3.63) is 30.7 Å². The lowest BCUT2D eigenvalue weighted by Crippen LogP contribution is -2.07. The van der Waals surface area contributed by atoms with E-state index in [0.29, 0.717) is 25.0 Å². The van der Waals surface area contributed by atoms with Crippen molar-refractivity contribution in [3.63, 3.8) is 0 Å². The van der Waals surface area contributed by atoms with Gasteiger partial charge in [-0.3, -0.25) is 0 Å². The molecule has 0 fully saturated rings. The van der Waals surface area contributed by atoms with Gasteiger partial charge in [0.15, 0.2) is 11.5 Å². The van der Waals surface area contributed by atoms with Gasteiger partial charge in [-0.25, -0.2) is 0 Å². The van der Waals surface area contributed by atoms with Crippen LogP contribution in [0.5, 0.6) is 11.5 Å². The number of ether oxygens (including phenoxy) is 3. The first-order chi connectivity index (χ1) is 9.63. The second-order valence-electron chi connectivity index (χ2n) is 5.24. The van der Waals surface area contributed by atoms with E-state index in [0.717, 1.165) is 24.3 Å². The standard InChI is InChI=1S/C17H27O3/c1-6-15(13(2)3)14-8-9-16(19-5)17(12-14)20-11-7-10-18-4/h8-9,12-13,15H,1,6-7,10-11H2,2-5H3/t15-/m0/s1. The topological polar surface area (TPSA) is 27.7 Å². The van der Waals surface area contributed by atoms with Gasteiger partial charge in [-0.2, -0.15) is 0 Å². The minimum absolute atomic E-state index is 0.447. The Bertz CT molecular complexity index is 388. The average Bonchev–Trinajstić information content (AvgIpc) is 2.44. The van der Waals surface area contributed by atoms with E-state index in [-0.39, 0.29) is 0 Å². The third kappa shape index (κ3) is 4.71. The Kier molecular flexibility index (Phi) is 7.45. The summed E-state index contributed by atoms with van der Waals surface area (Å²) in [5.74, 6) is 2.59. The summed E-state index contributed by atoms with van der Waals surface area (Å²) in [6, 6.07) is 6.17. The summed E-state index contributed by atoms with van der Waals surface area (Å²) < 4.78 is 16.2. The monoisotopic (exact) mass is 279 g/mol. The fourth-order valence-corrected chi connectivity index (χ4v) is 2.31. The molecule has 0 amide bonds. The molecule has 0 aliphatic carbocycles. The fourth-order valence-electron chi connectivity index (χ4n) is 2.31. The van der Waals surface area contributed by atoms with Crippen molar-refractivity contribution in [1.82, 2.24) is 0 Å². The Morgan fingerprint density at radius 2 is 1.85 bits per heavy atom. The molecule has 0 N–H and O–H groups in total. The minimum Gasteiger partial charge on any atom is -0.493 e. The molecule has 1 rings (SSSR count). The molecule has 1 atom stereocenters. The van der Waals surface area contributed by atoms with Gasteiger partial charge in [-0.1, -0.05) is 26.8 Å². The zero-order valence-electron chi connectivity index (χ0n) is 13.1. The van der Waals surface area contributed by atoms with Gasteiger partial charge in [0, 0.05) is 20.1 Å². The van der Waals surface area contributed by atoms with Crippen molar-refractivity contribution < 1.29 is 14.2 Å². The summed E-state index contributed by atoms with van der Waals surface area (Å²) in [5.41, 5.74) is 1.26. The van der Waals surface area contributed by atoms with Crippen molar-refractivity contribution in [2.75, 3.05) is 27.4 Å². The molecule has 0 bridgehead atoms. The molecule has 1 radical (unpaired) electrons. The SMILES string of the molecule is [CH2]C[C@H](c1ccc(OC)c(OCCCOC)c1)C(C)C. The van der Waals surface area contributed by atoms with Crippen LogP contribution >= 0.6 is 0 Å². The van der Waals surface area contributed by atoms with E-state index in [9.17, 15) is 0 Å². The van der Waals surface area contributed by atoms with Gasteiger partial charge >= 0.3 is 0 Å². The van der Waals surface area contributed by atoms with Crippen LogP contribution in [0, 0.1) is 12.8 Å². The van der Waals surface area contributed by atoms with E-state index in [1.807, 2.05) is 6.07 Å². The lowest BCUT2D eigenvalue weighted by molar-refractivity contribution is 0.170. The Labute approximate surface area is 123 Å². The molecule has 0 saturated carbocycles. The van der Waals surface area contributed by atoms with E-state index in [1.165, 1.54) is 5.56 Å². The summed E-state index contributed by atoms with van der Waals surface area (Å²) in [5, 5.41) is 0. The van der Waals surface area contributed by atoms with Crippen LogP contribution in [0.3, 0.4) is 0 Å². The highest BCUT2D eigenvalue weighted by molar-refractivity contribution is 5.44. The van der Waals surface area contributed by atoms with Gasteiger partial charge in [0.25, 0.3) is 0 Å². The predicted molar refractivity (Wildman–Crippen MR) is 82.5 cm³/mol. The molecule has 3 nitrogen and oxygen atoms in total. The summed E-state index contributed by atoms with van der Waals surface area (Å²) in [4.78, 5) is 0. The summed E-state index contributed by atoms with van der Waals surface area (Å²) in [7, 11) is 3.36. The average molecular weight is 279 g/mol. The normalized spacial score (nSPS) is 12.5. The minimum atomic E-state index is 0.447. The highest BCUT2D eigenvalue weighted by atomic mass is 16.5. The second-order valence-corrected chi connectivity index (χ2v) is 5.24. The van der Waals surface area contributed by atoms with E-state index in [2.05, 4.69) is 32.9 Å². The van der Waals surface area contributed by atoms with E-state index in [4.69, 9.17) is 14.2 Å². The number of hydrogen-bond donors (Lipinski definition) is 0. The van der Waals surface area contributed by atoms with Gasteiger partial charge in [-0.15, -0.1) is 0 Å². The van der Waals surface area contributed by atoms with Crippen LogP contribution in [-0.2, 0) is 4.74 Å². The molecule has 0 aliphatic rings. The second kappa shape index (κ2) is 8.85. The van der Waals surface area contributed by atoms with Crippen molar-refractivity contribution in [3.8, 4) is 11.5 Å². The summed E-state index contributed by atoms with van der Waals surface area (Å²) in [6.45, 7) is 9.83. The fraction of sp³-hybridized carbons (Fsp3) is 0.588. The van der Waals surface area contributed by atoms with Crippen molar-refractivity contribution in [2.45, 2.75) is 32.6 Å². The van der Waals surface area contributed by atoms with E-state index < -0.39 is 0 Å². The summed E-state index contributed by atoms with van der Waals surface area (Å²) >= 11 is 0. The zero-order valence-corrected chi connectivity index (χ0v) is 13.1. The molecule has 0 unspecified atom stereocenters. The van der Waals surface area contributed by atoms with Gasteiger partial charge < -0.3 is 14.2 Å². The highest BCUT2D eigenvalue weighted by Gasteiger charge is 2.16. The first kappa shape index (κ1) is 16.8. The van der Waals surface area contributed by atoms with Crippen LogP contribution in [0.25, 0.3) is 0 Å². The van der Waals surface area contributed by atoms with Gasteiger partial charge in [0.05, 0.1) is 13.7 Å². The van der Waals surface area contributed by atoms with Crippen LogP contribution in [0.1, 0.15) is 38.2 Å². The molecule has 0 aliphatic heterocycles. The Hall–Kier alpha value is -1.22. The smallest absolute Gasteiger partial charge is 0.161 e. The van der Waals surface area contributed by atoms with Gasteiger partial charge in [0.1, 0.15) is 0 Å². The van der Waals surface area contributed by atoms with Crippen molar-refractivity contribution in [2.24, 2.45) is 5.92 Å². The lowest BCUT2D eigenvalue weighted by Gasteiger charge is -2.21. The number of methoxy groups -OCH3 is 2. The highest BCUT2D eigenvalue weighted by Crippen LogP contribution is 2.34. The van der Waals surface area contributed by atoms with Crippen LogP contribution in [0.4, 0.5) is 0 Å². The molecule has 0 spiro atoms. The molecule has 20 heavy (non-hydrogen) atoms. The maximum atomic E-state index is 5.82. The quantitative estimate of drug-likeness (QED) is 0.638.